The number of aliphatic hydroxyl groups is 1. The van der Waals surface area contributed by atoms with Gasteiger partial charge in [-0.25, -0.2) is 13.1 Å². The molecule has 11 heteroatoms. The number of carbonyl (C=O) groups excluding carboxylic acids is 1. The second-order valence-electron chi connectivity index (χ2n) is 15.1. The molecule has 0 saturated heterocycles. The summed E-state index contributed by atoms with van der Waals surface area (Å²) in [6.45, 7) is 7.28. The number of fused-ring (bicyclic) bond motifs is 4. The van der Waals surface area contributed by atoms with E-state index >= 15 is 0 Å². The minimum Gasteiger partial charge on any atom is -0.490 e. The van der Waals surface area contributed by atoms with Crippen LogP contribution in [0.1, 0.15) is 80.3 Å². The van der Waals surface area contributed by atoms with Gasteiger partial charge in [0.1, 0.15) is 5.75 Å². The molecule has 0 radical (unpaired) electrons. The number of carbonyl (C=O) groups is 1. The number of nitrogens with one attached hydrogen (secondary N) is 1. The van der Waals surface area contributed by atoms with Gasteiger partial charge in [0.15, 0.2) is 0 Å². The van der Waals surface area contributed by atoms with E-state index in [2.05, 4.69) is 26.7 Å². The molecule has 6 rings (SSSR count). The summed E-state index contributed by atoms with van der Waals surface area (Å²) >= 11 is 6.45. The van der Waals surface area contributed by atoms with Gasteiger partial charge in [-0.05, 0) is 118 Å². The second-order valence-corrected chi connectivity index (χ2v) is 17.6. The molecular formula is C37H52ClN3O6S. The molecule has 2 N–H and O–H groups in total. The fourth-order valence-corrected chi connectivity index (χ4v) is 10.3. The smallest absolute Gasteiger partial charge is 0.264 e. The summed E-state index contributed by atoms with van der Waals surface area (Å²) in [5.74, 6) is 0.177. The molecule has 1 spiro atoms. The highest BCUT2D eigenvalue weighted by atomic mass is 35.5. The largest absolute Gasteiger partial charge is 0.490 e. The number of ether oxygens (including phenoxy) is 2. The van der Waals surface area contributed by atoms with Gasteiger partial charge in [-0.1, -0.05) is 31.0 Å². The Bertz CT molecular complexity index is 1610. The molecule has 2 aliphatic heterocycles. The molecular weight excluding hydrogens is 650 g/mol. The topological polar surface area (TPSA) is 108 Å². The normalized spacial score (nSPS) is 32.0. The first-order chi connectivity index (χ1) is 22.8. The predicted octanol–water partition coefficient (Wildman–Crippen LogP) is 5.42. The van der Waals surface area contributed by atoms with Crippen molar-refractivity contribution in [3.63, 3.8) is 0 Å². The summed E-state index contributed by atoms with van der Waals surface area (Å²) in [4.78, 5) is 18.0. The van der Waals surface area contributed by atoms with Crippen LogP contribution in [0.4, 0.5) is 5.69 Å². The van der Waals surface area contributed by atoms with Gasteiger partial charge in [-0.3, -0.25) is 4.79 Å². The van der Waals surface area contributed by atoms with E-state index in [-0.39, 0.29) is 28.7 Å². The zero-order valence-electron chi connectivity index (χ0n) is 28.8. The van der Waals surface area contributed by atoms with Crippen LogP contribution in [0.15, 0.2) is 36.4 Å². The molecule has 1 amide bonds. The molecule has 6 atom stereocenters. The maximum atomic E-state index is 13.5. The summed E-state index contributed by atoms with van der Waals surface area (Å²) in [6.07, 6.45) is 6.78. The lowest BCUT2D eigenvalue weighted by molar-refractivity contribution is -0.104. The van der Waals surface area contributed by atoms with E-state index in [0.717, 1.165) is 42.8 Å². The molecule has 264 valence electrons. The standard InChI is InChI=1S/C37H52ClN3O6S/c1-25-7-5-16-37(43,23-40(3)17-18-46-4)32-12-9-29(32)21-41-22-36(15-6-8-27-19-30(38)11-13-31(27)36)24-47-34-14-10-28(20-33(34)41)35(42)39-48(44,45)26(25)2/h10-11,13-14,19-20,25-26,29,32,43H,5-9,12,15-18,21-24H2,1-4H3,(H,39,42)/t25-,26+,29-,32+,36-,37+/m0/s1. The van der Waals surface area contributed by atoms with Gasteiger partial charge >= 0.3 is 0 Å². The fraction of sp³-hybridized carbons (Fsp3) is 0.649. The Morgan fingerprint density at radius 1 is 1.12 bits per heavy atom. The van der Waals surface area contributed by atoms with Crippen molar-refractivity contribution in [3.05, 3.63) is 58.1 Å². The Morgan fingerprint density at radius 2 is 1.94 bits per heavy atom. The highest BCUT2D eigenvalue weighted by molar-refractivity contribution is 7.90. The molecule has 48 heavy (non-hydrogen) atoms. The maximum absolute atomic E-state index is 13.5. The summed E-state index contributed by atoms with van der Waals surface area (Å²) < 4.78 is 41.2. The quantitative estimate of drug-likeness (QED) is 0.426. The molecule has 2 aromatic carbocycles. The number of anilines is 1. The molecule has 9 nitrogen and oxygen atoms in total. The van der Waals surface area contributed by atoms with Crippen LogP contribution in [0, 0.1) is 17.8 Å². The summed E-state index contributed by atoms with van der Waals surface area (Å²) in [6, 6.07) is 11.5. The highest BCUT2D eigenvalue weighted by Crippen LogP contribution is 2.49. The van der Waals surface area contributed by atoms with Crippen LogP contribution in [0.25, 0.3) is 0 Å². The van der Waals surface area contributed by atoms with E-state index in [1.165, 1.54) is 11.1 Å². The van der Waals surface area contributed by atoms with E-state index in [9.17, 15) is 18.3 Å². The van der Waals surface area contributed by atoms with Gasteiger partial charge in [0, 0.05) is 49.3 Å². The third-order valence-electron chi connectivity index (χ3n) is 11.9. The lowest BCUT2D eigenvalue weighted by Crippen LogP contribution is -2.56. The number of amides is 1. The average Bonchev–Trinajstić information content (AvgIpc) is 3.17. The van der Waals surface area contributed by atoms with E-state index in [1.54, 1.807) is 26.2 Å². The monoisotopic (exact) mass is 701 g/mol. The molecule has 4 aliphatic rings. The first-order valence-corrected chi connectivity index (χ1v) is 19.5. The lowest BCUT2D eigenvalue weighted by atomic mass is 9.62. The number of likely N-dealkylation sites (N-methyl/N-ethyl adjacent to an activating group) is 1. The molecule has 2 heterocycles. The Morgan fingerprint density at radius 3 is 2.69 bits per heavy atom. The van der Waals surface area contributed by atoms with Crippen molar-refractivity contribution in [2.75, 3.05) is 58.5 Å². The maximum Gasteiger partial charge on any atom is 0.264 e. The van der Waals surface area contributed by atoms with Gasteiger partial charge in [0.05, 0.1) is 29.8 Å². The third-order valence-corrected chi connectivity index (χ3v) is 14.0. The van der Waals surface area contributed by atoms with Crippen LogP contribution >= 0.6 is 11.6 Å². The molecule has 0 aromatic heterocycles. The number of nitrogens with zero attached hydrogens (tertiary/aromatic N) is 2. The van der Waals surface area contributed by atoms with Crippen LogP contribution in [0.3, 0.4) is 0 Å². The number of aryl methyl sites for hydroxylation is 1. The summed E-state index contributed by atoms with van der Waals surface area (Å²) in [5.41, 5.74) is 2.36. The molecule has 2 aromatic rings. The number of rotatable bonds is 5. The van der Waals surface area contributed by atoms with Crippen LogP contribution in [-0.2, 0) is 26.6 Å². The van der Waals surface area contributed by atoms with Crippen LogP contribution in [-0.4, -0.2) is 88.7 Å². The van der Waals surface area contributed by atoms with Crippen molar-refractivity contribution in [3.8, 4) is 5.75 Å². The molecule has 2 bridgehead atoms. The van der Waals surface area contributed by atoms with Crippen molar-refractivity contribution >= 4 is 33.2 Å². The Labute approximate surface area is 291 Å². The highest BCUT2D eigenvalue weighted by Gasteiger charge is 2.49. The van der Waals surface area contributed by atoms with E-state index < -0.39 is 26.8 Å². The number of hydrogen-bond acceptors (Lipinski definition) is 8. The Balaban J connectivity index is 1.41. The van der Waals surface area contributed by atoms with Crippen molar-refractivity contribution < 1.29 is 27.8 Å². The fourth-order valence-electron chi connectivity index (χ4n) is 8.76. The van der Waals surface area contributed by atoms with Gasteiger partial charge in [0.25, 0.3) is 5.91 Å². The Kier molecular flexibility index (Phi) is 10.4. The minimum absolute atomic E-state index is 0.0827. The number of halogens is 1. The van der Waals surface area contributed by atoms with E-state index in [0.29, 0.717) is 64.4 Å². The van der Waals surface area contributed by atoms with Crippen molar-refractivity contribution in [1.29, 1.82) is 0 Å². The van der Waals surface area contributed by atoms with Gasteiger partial charge in [-0.15, -0.1) is 0 Å². The Hall–Kier alpha value is -2.37. The van der Waals surface area contributed by atoms with Gasteiger partial charge in [0.2, 0.25) is 10.0 Å². The second kappa shape index (κ2) is 14.1. The third kappa shape index (κ3) is 7.11. The van der Waals surface area contributed by atoms with E-state index in [1.807, 2.05) is 26.1 Å². The van der Waals surface area contributed by atoms with Crippen LogP contribution in [0.2, 0.25) is 5.02 Å². The number of hydrogen-bond donors (Lipinski definition) is 2. The lowest BCUT2D eigenvalue weighted by Gasteiger charge is -2.51. The molecule has 0 unspecified atom stereocenters. The number of methoxy groups -OCH3 is 1. The van der Waals surface area contributed by atoms with Gasteiger partial charge in [-0.2, -0.15) is 0 Å². The number of sulfonamides is 1. The predicted molar refractivity (Wildman–Crippen MR) is 190 cm³/mol. The van der Waals surface area contributed by atoms with Gasteiger partial charge < -0.3 is 24.4 Å². The summed E-state index contributed by atoms with van der Waals surface area (Å²) in [5, 5.41) is 12.5. The minimum atomic E-state index is -3.94. The molecule has 2 aliphatic carbocycles. The van der Waals surface area contributed by atoms with Crippen LogP contribution in [0.5, 0.6) is 5.75 Å². The molecule has 1 fully saturated rings. The zero-order valence-corrected chi connectivity index (χ0v) is 30.4. The number of benzene rings is 2. The SMILES string of the molecule is COCCN(C)C[C@]1(O)CCC[C@H](C)[C@@H](C)S(=O)(=O)NC(=O)c2ccc3c(c2)N(C[C@@H]2CC[C@H]21)C[C@@]1(CCCc2cc(Cl)ccc21)CO3. The first kappa shape index (κ1) is 35.5. The molecule has 1 saturated carbocycles. The van der Waals surface area contributed by atoms with Crippen molar-refractivity contribution in [1.82, 2.24) is 9.62 Å². The first-order valence-electron chi connectivity index (χ1n) is 17.6. The van der Waals surface area contributed by atoms with E-state index in [4.69, 9.17) is 21.1 Å². The van der Waals surface area contributed by atoms with Crippen molar-refractivity contribution in [2.24, 2.45) is 17.8 Å². The summed E-state index contributed by atoms with van der Waals surface area (Å²) in [7, 11) is -0.221. The zero-order chi connectivity index (χ0) is 34.3. The van der Waals surface area contributed by atoms with Crippen molar-refractivity contribution in [2.45, 2.75) is 81.5 Å². The van der Waals surface area contributed by atoms with Crippen LogP contribution < -0.4 is 14.4 Å². The average molecular weight is 702 g/mol.